The van der Waals surface area contributed by atoms with Crippen LogP contribution in [-0.2, 0) is 31.9 Å². The number of nitrogens with one attached hydrogen (secondary N) is 4. The molecule has 51 heavy (non-hydrogen) atoms. The third-order valence-corrected chi connectivity index (χ3v) is 8.51. The van der Waals surface area contributed by atoms with Crippen LogP contribution in [0.5, 0.6) is 0 Å². The summed E-state index contributed by atoms with van der Waals surface area (Å²) in [6.45, 7) is 10.9. The van der Waals surface area contributed by atoms with E-state index in [4.69, 9.17) is 9.47 Å². The lowest BCUT2D eigenvalue weighted by Crippen LogP contribution is -2.59. The average Bonchev–Trinajstić information content (AvgIpc) is 3.08. The van der Waals surface area contributed by atoms with E-state index in [1.54, 1.807) is 6.20 Å². The van der Waals surface area contributed by atoms with Gasteiger partial charge in [-0.05, 0) is 53.4 Å². The number of pyridine rings is 1. The van der Waals surface area contributed by atoms with Gasteiger partial charge in [-0.3, -0.25) is 14.6 Å². The molecular weight excluding hydrogens is 650 g/mol. The first-order chi connectivity index (χ1) is 24.0. The summed E-state index contributed by atoms with van der Waals surface area (Å²) in [5.74, 6) is -0.942. The Hall–Kier alpha value is -4.97. The van der Waals surface area contributed by atoms with E-state index in [-0.39, 0.29) is 12.8 Å². The van der Waals surface area contributed by atoms with E-state index in [1.807, 2.05) is 114 Å². The van der Waals surface area contributed by atoms with Crippen molar-refractivity contribution in [3.05, 3.63) is 90.1 Å². The minimum atomic E-state index is -1.15. The number of methoxy groups -OCH3 is 2. The number of hydrogen-bond acceptors (Lipinski definition) is 8. The quantitative estimate of drug-likeness (QED) is 0.160. The van der Waals surface area contributed by atoms with Crippen molar-refractivity contribution in [1.29, 1.82) is 0 Å². The monoisotopic (exact) mass is 703 g/mol. The zero-order valence-corrected chi connectivity index (χ0v) is 30.9. The van der Waals surface area contributed by atoms with E-state index >= 15 is 0 Å². The molecule has 0 aliphatic carbocycles. The minimum absolute atomic E-state index is 0.0468. The molecule has 12 heteroatoms. The molecule has 5 N–H and O–H groups in total. The molecule has 5 atom stereocenters. The molecule has 0 saturated carbocycles. The van der Waals surface area contributed by atoms with Gasteiger partial charge in [-0.2, -0.15) is 0 Å². The Morgan fingerprint density at radius 1 is 0.667 bits per heavy atom. The topological polar surface area (TPSA) is 168 Å². The van der Waals surface area contributed by atoms with Gasteiger partial charge in [0.25, 0.3) is 0 Å². The SMILES string of the molecule is COC(=O)N[C@H](C(=O)N[C@@H](Cc1ccc(-c2ccccn2)cc1)C[C@H](O)[C@H](Cc1ccccc1)NC(=O)[C@@H](NC(=O)OC)C(C)(C)C)C(C)(C)C. The largest absolute Gasteiger partial charge is 0.453 e. The number of rotatable bonds is 14. The summed E-state index contributed by atoms with van der Waals surface area (Å²) in [6, 6.07) is 19.5. The Kier molecular flexibility index (Phi) is 14.5. The molecule has 1 heterocycles. The molecular formula is C39H53N5O7. The molecule has 1 aromatic heterocycles. The predicted molar refractivity (Wildman–Crippen MR) is 196 cm³/mol. The lowest BCUT2D eigenvalue weighted by molar-refractivity contribution is -0.128. The highest BCUT2D eigenvalue weighted by molar-refractivity contribution is 5.87. The molecule has 3 aromatic rings. The van der Waals surface area contributed by atoms with Gasteiger partial charge in [-0.25, -0.2) is 9.59 Å². The second-order valence-corrected chi connectivity index (χ2v) is 14.8. The van der Waals surface area contributed by atoms with Crippen molar-refractivity contribution in [3.63, 3.8) is 0 Å². The first kappa shape index (κ1) is 40.5. The van der Waals surface area contributed by atoms with Crippen LogP contribution in [-0.4, -0.2) is 78.6 Å². The second-order valence-electron chi connectivity index (χ2n) is 14.8. The van der Waals surface area contributed by atoms with E-state index in [1.165, 1.54) is 14.2 Å². The molecule has 0 fully saturated rings. The predicted octanol–water partition coefficient (Wildman–Crippen LogP) is 4.80. The molecule has 276 valence electrons. The van der Waals surface area contributed by atoms with Crippen LogP contribution in [0, 0.1) is 10.8 Å². The highest BCUT2D eigenvalue weighted by atomic mass is 16.5. The van der Waals surface area contributed by atoms with Gasteiger partial charge in [0.15, 0.2) is 0 Å². The molecule has 2 aromatic carbocycles. The molecule has 0 radical (unpaired) electrons. The summed E-state index contributed by atoms with van der Waals surface area (Å²) in [4.78, 5) is 56.4. The third kappa shape index (κ3) is 12.7. The lowest BCUT2D eigenvalue weighted by Gasteiger charge is -2.34. The van der Waals surface area contributed by atoms with Crippen molar-refractivity contribution in [2.24, 2.45) is 10.8 Å². The zero-order chi connectivity index (χ0) is 37.8. The van der Waals surface area contributed by atoms with E-state index < -0.39 is 65.1 Å². The maximum absolute atomic E-state index is 13.8. The second kappa shape index (κ2) is 18.3. The van der Waals surface area contributed by atoms with E-state index in [9.17, 15) is 24.3 Å². The van der Waals surface area contributed by atoms with Crippen LogP contribution >= 0.6 is 0 Å². The molecule has 0 spiro atoms. The van der Waals surface area contributed by atoms with Crippen LogP contribution < -0.4 is 21.3 Å². The Bertz CT molecular complexity index is 1570. The summed E-state index contributed by atoms with van der Waals surface area (Å²) in [5, 5.41) is 23.2. The summed E-state index contributed by atoms with van der Waals surface area (Å²) < 4.78 is 9.56. The number of nitrogens with zero attached hydrogens (tertiary/aromatic N) is 1. The Morgan fingerprint density at radius 3 is 1.67 bits per heavy atom. The Morgan fingerprint density at radius 2 is 1.18 bits per heavy atom. The minimum Gasteiger partial charge on any atom is -0.453 e. The highest BCUT2D eigenvalue weighted by Crippen LogP contribution is 2.24. The van der Waals surface area contributed by atoms with Gasteiger partial charge >= 0.3 is 12.2 Å². The first-order valence-electron chi connectivity index (χ1n) is 17.0. The summed E-state index contributed by atoms with van der Waals surface area (Å²) in [5.41, 5.74) is 2.14. The maximum Gasteiger partial charge on any atom is 0.407 e. The fourth-order valence-electron chi connectivity index (χ4n) is 5.68. The van der Waals surface area contributed by atoms with Crippen LogP contribution in [0.25, 0.3) is 11.3 Å². The van der Waals surface area contributed by atoms with Crippen molar-refractivity contribution in [2.45, 2.75) is 91.1 Å². The van der Waals surface area contributed by atoms with Gasteiger partial charge in [0.2, 0.25) is 11.8 Å². The molecule has 0 bridgehead atoms. The smallest absolute Gasteiger partial charge is 0.407 e. The highest BCUT2D eigenvalue weighted by Gasteiger charge is 2.37. The van der Waals surface area contributed by atoms with Gasteiger partial charge in [0.05, 0.1) is 32.1 Å². The zero-order valence-electron chi connectivity index (χ0n) is 30.9. The summed E-state index contributed by atoms with van der Waals surface area (Å²) >= 11 is 0. The molecule has 3 rings (SSSR count). The number of aliphatic hydroxyl groups is 1. The molecule has 4 amide bonds. The Labute approximate surface area is 301 Å². The standard InChI is InChI=1S/C39H53N5O7/c1-38(2,3)32(43-36(48)50-7)34(46)41-28(22-26-17-19-27(20-18-26)29-16-12-13-21-40-29)24-31(45)30(23-25-14-10-9-11-15-25)42-35(47)33(39(4,5)6)44-37(49)51-8/h9-21,28,30-33,45H,22-24H2,1-8H3,(H,41,46)(H,42,47)(H,43,48)(H,44,49)/t28-,30-,31-,32+,33+/m0/s1. The van der Waals surface area contributed by atoms with Gasteiger partial charge in [-0.1, -0.05) is 102 Å². The molecule has 0 aliphatic heterocycles. The number of carbonyl (C=O) groups is 4. The molecule has 12 nitrogen and oxygen atoms in total. The normalized spacial score (nSPS) is 14.5. The van der Waals surface area contributed by atoms with Crippen LogP contribution in [0.2, 0.25) is 0 Å². The number of ether oxygens (including phenoxy) is 2. The van der Waals surface area contributed by atoms with E-state index in [2.05, 4.69) is 26.3 Å². The number of aliphatic hydroxyl groups excluding tert-OH is 1. The Balaban J connectivity index is 1.96. The summed E-state index contributed by atoms with van der Waals surface area (Å²) in [6.07, 6.45) is -0.262. The molecule has 0 saturated heterocycles. The lowest BCUT2D eigenvalue weighted by atomic mass is 9.85. The first-order valence-corrected chi connectivity index (χ1v) is 17.0. The van der Waals surface area contributed by atoms with Crippen LogP contribution in [0.4, 0.5) is 9.59 Å². The van der Waals surface area contributed by atoms with Crippen molar-refractivity contribution in [1.82, 2.24) is 26.3 Å². The van der Waals surface area contributed by atoms with Gasteiger partial charge in [0, 0.05) is 17.8 Å². The fourth-order valence-corrected chi connectivity index (χ4v) is 5.68. The van der Waals surface area contributed by atoms with Crippen molar-refractivity contribution >= 4 is 24.0 Å². The van der Waals surface area contributed by atoms with Gasteiger partial charge in [0.1, 0.15) is 12.1 Å². The molecule has 0 aliphatic rings. The van der Waals surface area contributed by atoms with Crippen molar-refractivity contribution in [2.75, 3.05) is 14.2 Å². The van der Waals surface area contributed by atoms with Crippen LogP contribution in [0.3, 0.4) is 0 Å². The number of amides is 4. The van der Waals surface area contributed by atoms with E-state index in [0.717, 1.165) is 22.4 Å². The molecule has 0 unspecified atom stereocenters. The van der Waals surface area contributed by atoms with Crippen LogP contribution in [0.1, 0.15) is 59.1 Å². The van der Waals surface area contributed by atoms with Gasteiger partial charge < -0.3 is 35.8 Å². The number of aromatic nitrogens is 1. The van der Waals surface area contributed by atoms with E-state index in [0.29, 0.717) is 6.42 Å². The summed E-state index contributed by atoms with van der Waals surface area (Å²) in [7, 11) is 2.45. The average molecular weight is 704 g/mol. The number of carbonyl (C=O) groups excluding carboxylic acids is 4. The maximum atomic E-state index is 13.8. The fraction of sp³-hybridized carbons (Fsp3) is 0.462. The number of alkyl carbamates (subject to hydrolysis) is 2. The van der Waals surface area contributed by atoms with Gasteiger partial charge in [-0.15, -0.1) is 0 Å². The van der Waals surface area contributed by atoms with Crippen LogP contribution in [0.15, 0.2) is 79.0 Å². The van der Waals surface area contributed by atoms with Crippen molar-refractivity contribution in [3.8, 4) is 11.3 Å². The third-order valence-electron chi connectivity index (χ3n) is 8.51. The number of benzene rings is 2. The van der Waals surface area contributed by atoms with Crippen molar-refractivity contribution < 1.29 is 33.8 Å². The number of hydrogen-bond donors (Lipinski definition) is 5.